The Hall–Kier alpha value is -3.22. The van der Waals surface area contributed by atoms with Gasteiger partial charge < -0.3 is 0 Å². The van der Waals surface area contributed by atoms with E-state index < -0.39 is 17.8 Å². The molecule has 0 spiro atoms. The number of carbonyl (C=O) groups excluding carboxylic acids is 3. The van der Waals surface area contributed by atoms with Crippen molar-refractivity contribution in [3.8, 4) is 0 Å². The van der Waals surface area contributed by atoms with Crippen molar-refractivity contribution < 1.29 is 14.4 Å². The van der Waals surface area contributed by atoms with E-state index in [2.05, 4.69) is 21.2 Å². The number of imide groups is 2. The Bertz CT molecular complexity index is 1290. The van der Waals surface area contributed by atoms with Crippen molar-refractivity contribution in [2.24, 2.45) is 0 Å². The van der Waals surface area contributed by atoms with Crippen LogP contribution in [0.2, 0.25) is 5.02 Å². The molecule has 0 radical (unpaired) electrons. The lowest BCUT2D eigenvalue weighted by atomic mass is 10.0. The van der Waals surface area contributed by atoms with Crippen molar-refractivity contribution in [3.05, 3.63) is 104 Å². The van der Waals surface area contributed by atoms with Crippen molar-refractivity contribution >= 4 is 57.1 Å². The van der Waals surface area contributed by atoms with Gasteiger partial charge >= 0.3 is 6.03 Å². The zero-order valence-electron chi connectivity index (χ0n) is 17.1. The smallest absolute Gasteiger partial charge is 0.273 e. The Morgan fingerprint density at radius 1 is 0.969 bits per heavy atom. The molecule has 0 atom stereocenters. The third-order valence-corrected chi connectivity index (χ3v) is 6.21. The average Bonchev–Trinajstić information content (AvgIpc) is 2.74. The van der Waals surface area contributed by atoms with Crippen LogP contribution < -0.4 is 10.2 Å². The van der Waals surface area contributed by atoms with Crippen molar-refractivity contribution in [2.45, 2.75) is 13.3 Å². The maximum absolute atomic E-state index is 13.0. The van der Waals surface area contributed by atoms with Crippen LogP contribution in [0.1, 0.15) is 22.3 Å². The van der Waals surface area contributed by atoms with Gasteiger partial charge in [0.15, 0.2) is 0 Å². The molecule has 0 bridgehead atoms. The molecule has 1 aliphatic rings. The minimum atomic E-state index is -0.774. The molecule has 1 heterocycles. The number of aryl methyl sites for hydroxylation is 1. The number of barbiturate groups is 1. The summed E-state index contributed by atoms with van der Waals surface area (Å²) >= 11 is 10.0. The molecule has 7 heteroatoms. The lowest BCUT2D eigenvalue weighted by Gasteiger charge is -2.26. The molecule has 1 saturated heterocycles. The normalized spacial score (nSPS) is 15.3. The fraction of sp³-hybridized carbons (Fsp3) is 0.0800. The van der Waals surface area contributed by atoms with Crippen molar-refractivity contribution in [2.75, 3.05) is 4.90 Å². The molecule has 3 aromatic carbocycles. The van der Waals surface area contributed by atoms with E-state index in [1.54, 1.807) is 30.3 Å². The quantitative estimate of drug-likeness (QED) is 0.364. The summed E-state index contributed by atoms with van der Waals surface area (Å²) in [6.45, 7) is 1.86. The number of rotatable bonds is 4. The fourth-order valence-corrected chi connectivity index (χ4v) is 4.15. The number of nitrogens with one attached hydrogen (secondary N) is 1. The monoisotopic (exact) mass is 508 g/mol. The number of carbonyl (C=O) groups is 3. The van der Waals surface area contributed by atoms with Gasteiger partial charge in [0.2, 0.25) is 0 Å². The molecule has 0 aliphatic carbocycles. The Morgan fingerprint density at radius 2 is 1.75 bits per heavy atom. The molecule has 1 fully saturated rings. The maximum Gasteiger partial charge on any atom is 0.335 e. The van der Waals surface area contributed by atoms with Crippen molar-refractivity contribution in [3.63, 3.8) is 0 Å². The predicted molar refractivity (Wildman–Crippen MR) is 129 cm³/mol. The first-order valence-electron chi connectivity index (χ1n) is 9.83. The molecular formula is C25H18BrClN2O3. The van der Waals surface area contributed by atoms with Gasteiger partial charge in [0, 0.05) is 15.9 Å². The summed E-state index contributed by atoms with van der Waals surface area (Å²) in [5.41, 5.74) is 3.74. The summed E-state index contributed by atoms with van der Waals surface area (Å²) in [6.07, 6.45) is 2.08. The van der Waals surface area contributed by atoms with Crippen LogP contribution >= 0.6 is 27.5 Å². The Labute approximate surface area is 198 Å². The van der Waals surface area contributed by atoms with Gasteiger partial charge in [-0.3, -0.25) is 14.9 Å². The highest BCUT2D eigenvalue weighted by Crippen LogP contribution is 2.27. The Balaban J connectivity index is 1.64. The summed E-state index contributed by atoms with van der Waals surface area (Å²) in [5, 5.41) is 2.75. The van der Waals surface area contributed by atoms with Crippen LogP contribution in [0.4, 0.5) is 10.5 Å². The van der Waals surface area contributed by atoms with Gasteiger partial charge in [-0.05, 0) is 59.5 Å². The van der Waals surface area contributed by atoms with E-state index in [-0.39, 0.29) is 5.57 Å². The van der Waals surface area contributed by atoms with Crippen LogP contribution in [0.3, 0.4) is 0 Å². The minimum Gasteiger partial charge on any atom is -0.273 e. The van der Waals surface area contributed by atoms with E-state index in [1.165, 1.54) is 6.08 Å². The Kier molecular flexibility index (Phi) is 6.26. The van der Waals surface area contributed by atoms with Crippen molar-refractivity contribution in [1.82, 2.24) is 5.32 Å². The molecule has 160 valence electrons. The minimum absolute atomic E-state index is 0.138. The van der Waals surface area contributed by atoms with Gasteiger partial charge in [-0.15, -0.1) is 0 Å². The molecule has 1 aliphatic heterocycles. The average molecular weight is 510 g/mol. The Morgan fingerprint density at radius 3 is 2.47 bits per heavy atom. The molecular weight excluding hydrogens is 492 g/mol. The van der Waals surface area contributed by atoms with E-state index in [9.17, 15) is 14.4 Å². The number of benzene rings is 3. The number of nitrogens with zero attached hydrogens (tertiary/aromatic N) is 1. The summed E-state index contributed by atoms with van der Waals surface area (Å²) in [6, 6.07) is 19.4. The molecule has 5 nitrogen and oxygen atoms in total. The predicted octanol–water partition coefficient (Wildman–Crippen LogP) is 5.67. The third kappa shape index (κ3) is 4.52. The molecule has 0 saturated carbocycles. The molecule has 32 heavy (non-hydrogen) atoms. The molecule has 1 N–H and O–H groups in total. The highest BCUT2D eigenvalue weighted by atomic mass is 79.9. The van der Waals surface area contributed by atoms with Crippen LogP contribution in [0.5, 0.6) is 0 Å². The van der Waals surface area contributed by atoms with Crippen LogP contribution in [0, 0.1) is 6.92 Å². The zero-order chi connectivity index (χ0) is 22.8. The summed E-state index contributed by atoms with van der Waals surface area (Å²) in [7, 11) is 0. The highest BCUT2D eigenvalue weighted by molar-refractivity contribution is 9.10. The van der Waals surface area contributed by atoms with Crippen molar-refractivity contribution in [1.29, 1.82) is 0 Å². The second-order valence-corrected chi connectivity index (χ2v) is 8.68. The number of anilines is 1. The highest BCUT2D eigenvalue weighted by Gasteiger charge is 2.36. The van der Waals surface area contributed by atoms with Gasteiger partial charge in [-0.2, -0.15) is 0 Å². The molecule has 4 rings (SSSR count). The van der Waals surface area contributed by atoms with Gasteiger partial charge in [0.05, 0.1) is 5.69 Å². The molecule has 0 unspecified atom stereocenters. The van der Waals surface area contributed by atoms with Gasteiger partial charge in [0.1, 0.15) is 5.57 Å². The number of hydrogen-bond acceptors (Lipinski definition) is 3. The summed E-state index contributed by atoms with van der Waals surface area (Å²) in [4.78, 5) is 38.7. The topological polar surface area (TPSA) is 66.5 Å². The van der Waals surface area contributed by atoms with E-state index in [1.807, 2.05) is 43.3 Å². The largest absolute Gasteiger partial charge is 0.335 e. The van der Waals surface area contributed by atoms with Gasteiger partial charge in [-0.1, -0.05) is 70.0 Å². The third-order valence-electron chi connectivity index (χ3n) is 5.09. The number of hydrogen-bond donors (Lipinski definition) is 1. The number of halogens is 2. The number of amides is 4. The van der Waals surface area contributed by atoms with Crippen LogP contribution in [-0.4, -0.2) is 17.8 Å². The van der Waals surface area contributed by atoms with E-state index >= 15 is 0 Å². The lowest BCUT2D eigenvalue weighted by molar-refractivity contribution is -0.122. The van der Waals surface area contributed by atoms with Crippen LogP contribution in [0.25, 0.3) is 6.08 Å². The molecule has 3 aromatic rings. The fourth-order valence-electron chi connectivity index (χ4n) is 3.47. The maximum atomic E-state index is 13.0. The first kappa shape index (κ1) is 22.0. The van der Waals surface area contributed by atoms with Crippen LogP contribution in [-0.2, 0) is 16.0 Å². The first-order chi connectivity index (χ1) is 15.3. The van der Waals surface area contributed by atoms with E-state index in [0.29, 0.717) is 22.7 Å². The lowest BCUT2D eigenvalue weighted by Crippen LogP contribution is -2.54. The van der Waals surface area contributed by atoms with Gasteiger partial charge in [-0.25, -0.2) is 9.69 Å². The van der Waals surface area contributed by atoms with E-state index in [0.717, 1.165) is 26.1 Å². The summed E-state index contributed by atoms with van der Waals surface area (Å²) < 4.78 is 0.993. The molecule has 4 amide bonds. The second-order valence-electron chi connectivity index (χ2n) is 7.42. The SMILES string of the molecule is Cc1cccc(N2C(=O)NC(=O)/C(=C\c3ccc(Cc4ccccc4Br)c(Cl)c3)C2=O)c1. The second kappa shape index (κ2) is 9.10. The molecule has 0 aromatic heterocycles. The zero-order valence-corrected chi connectivity index (χ0v) is 19.4. The van der Waals surface area contributed by atoms with E-state index in [4.69, 9.17) is 11.6 Å². The van der Waals surface area contributed by atoms with Crippen LogP contribution in [0.15, 0.2) is 76.8 Å². The number of urea groups is 1. The van der Waals surface area contributed by atoms with Gasteiger partial charge in [0.25, 0.3) is 11.8 Å². The first-order valence-corrected chi connectivity index (χ1v) is 11.0. The summed E-state index contributed by atoms with van der Waals surface area (Å²) in [5.74, 6) is -1.42. The standard InChI is InChI=1S/C25H18BrClN2O3/c1-15-5-4-7-19(11-15)29-24(31)20(23(30)28-25(29)32)12-16-9-10-18(22(27)13-16)14-17-6-2-3-8-21(17)26/h2-13H,14H2,1H3,(H,28,30,32)/b20-12+.